The molecule has 10 heteroatoms. The zero-order valence-electron chi connectivity index (χ0n) is 18.8. The summed E-state index contributed by atoms with van der Waals surface area (Å²) < 4.78 is 4.77. The van der Waals surface area contributed by atoms with Crippen LogP contribution < -0.4 is 16.3 Å². The van der Waals surface area contributed by atoms with Gasteiger partial charge < -0.3 is 10.6 Å². The van der Waals surface area contributed by atoms with Gasteiger partial charge in [0.05, 0.1) is 12.6 Å². The molecule has 1 aromatic carbocycles. The predicted octanol–water partition coefficient (Wildman–Crippen LogP) is 3.11. The second-order valence-corrected chi connectivity index (χ2v) is 8.38. The van der Waals surface area contributed by atoms with Crippen molar-refractivity contribution >= 4 is 23.0 Å². The van der Waals surface area contributed by atoms with Crippen LogP contribution in [0.2, 0.25) is 0 Å². The SMILES string of the molecule is CC(C)C(NC(=O)Nc1cccc(Cn2nc3ccccn3c2=O)c1)c1nnc2ccccn12. The Labute approximate surface area is 194 Å². The van der Waals surface area contributed by atoms with Gasteiger partial charge in [-0.15, -0.1) is 15.3 Å². The van der Waals surface area contributed by atoms with Crippen molar-refractivity contribution in [2.75, 3.05) is 5.32 Å². The van der Waals surface area contributed by atoms with Crippen molar-refractivity contribution < 1.29 is 4.79 Å². The summed E-state index contributed by atoms with van der Waals surface area (Å²) in [6.45, 7) is 4.32. The lowest BCUT2D eigenvalue weighted by Crippen LogP contribution is -2.36. The van der Waals surface area contributed by atoms with Gasteiger partial charge in [0.1, 0.15) is 0 Å². The van der Waals surface area contributed by atoms with E-state index in [1.807, 2.05) is 66.9 Å². The standard InChI is InChI=1S/C24H24N8O2/c1-16(2)21(22-28-27-19-10-3-5-12-30(19)22)26-23(33)25-18-9-7-8-17(14-18)15-32-24(34)31-13-6-4-11-20(31)29-32/h3-14,16,21H,15H2,1-2H3,(H2,25,26,33). The van der Waals surface area contributed by atoms with Crippen LogP contribution in [0.25, 0.3) is 11.3 Å². The smallest absolute Gasteiger partial charge is 0.328 e. The van der Waals surface area contributed by atoms with Crippen molar-refractivity contribution in [1.82, 2.24) is 34.1 Å². The Kier molecular flexibility index (Phi) is 5.54. The maximum absolute atomic E-state index is 12.8. The first-order valence-electron chi connectivity index (χ1n) is 11.0. The van der Waals surface area contributed by atoms with Crippen LogP contribution in [0.1, 0.15) is 31.3 Å². The molecule has 4 aromatic heterocycles. The van der Waals surface area contributed by atoms with Crippen LogP contribution in [0.15, 0.2) is 77.9 Å². The van der Waals surface area contributed by atoms with Gasteiger partial charge in [-0.05, 0) is 47.9 Å². The maximum Gasteiger partial charge on any atom is 0.350 e. The lowest BCUT2D eigenvalue weighted by atomic mass is 10.0. The van der Waals surface area contributed by atoms with E-state index in [4.69, 9.17) is 0 Å². The van der Waals surface area contributed by atoms with E-state index in [1.54, 1.807) is 24.4 Å². The van der Waals surface area contributed by atoms with Crippen LogP contribution in [-0.4, -0.2) is 34.8 Å². The van der Waals surface area contributed by atoms with E-state index in [9.17, 15) is 9.59 Å². The Bertz CT molecular complexity index is 1530. The van der Waals surface area contributed by atoms with Crippen molar-refractivity contribution in [3.05, 3.63) is 94.9 Å². The number of amides is 2. The van der Waals surface area contributed by atoms with Crippen LogP contribution in [-0.2, 0) is 6.54 Å². The fourth-order valence-corrected chi connectivity index (χ4v) is 3.90. The Morgan fingerprint density at radius 1 is 0.941 bits per heavy atom. The first-order valence-corrected chi connectivity index (χ1v) is 11.0. The summed E-state index contributed by atoms with van der Waals surface area (Å²) in [6.07, 6.45) is 3.57. The average molecular weight is 457 g/mol. The molecule has 0 radical (unpaired) electrons. The molecule has 2 amide bonds. The minimum Gasteiger partial charge on any atom is -0.328 e. The normalized spacial score (nSPS) is 12.3. The fourth-order valence-electron chi connectivity index (χ4n) is 3.90. The summed E-state index contributed by atoms with van der Waals surface area (Å²) in [7, 11) is 0. The number of nitrogens with zero attached hydrogens (tertiary/aromatic N) is 6. The third-order valence-corrected chi connectivity index (χ3v) is 5.58. The minimum absolute atomic E-state index is 0.0895. The number of carbonyl (C=O) groups is 1. The molecule has 0 saturated heterocycles. The van der Waals surface area contributed by atoms with Crippen molar-refractivity contribution in [1.29, 1.82) is 0 Å². The van der Waals surface area contributed by atoms with Gasteiger partial charge in [0.25, 0.3) is 0 Å². The first kappa shape index (κ1) is 21.4. The number of nitrogens with one attached hydrogen (secondary N) is 2. The van der Waals surface area contributed by atoms with E-state index in [-0.39, 0.29) is 30.2 Å². The summed E-state index contributed by atoms with van der Waals surface area (Å²) in [4.78, 5) is 25.4. The summed E-state index contributed by atoms with van der Waals surface area (Å²) in [5.74, 6) is 0.757. The van der Waals surface area contributed by atoms with Crippen molar-refractivity contribution in [3.63, 3.8) is 0 Å². The van der Waals surface area contributed by atoms with E-state index < -0.39 is 0 Å². The zero-order valence-corrected chi connectivity index (χ0v) is 18.8. The highest BCUT2D eigenvalue weighted by molar-refractivity contribution is 5.89. The molecule has 0 aliphatic rings. The molecule has 0 fully saturated rings. The number of anilines is 1. The molecule has 34 heavy (non-hydrogen) atoms. The van der Waals surface area contributed by atoms with Crippen LogP contribution >= 0.6 is 0 Å². The first-order chi connectivity index (χ1) is 16.5. The molecule has 1 atom stereocenters. The molecule has 1 unspecified atom stereocenters. The number of pyridine rings is 2. The Balaban J connectivity index is 1.32. The van der Waals surface area contributed by atoms with Crippen LogP contribution in [0.3, 0.4) is 0 Å². The molecule has 2 N–H and O–H groups in total. The number of rotatable bonds is 6. The second kappa shape index (κ2) is 8.81. The molecule has 5 aromatic rings. The number of urea groups is 1. The quantitative estimate of drug-likeness (QED) is 0.408. The highest BCUT2D eigenvalue weighted by Crippen LogP contribution is 2.21. The van der Waals surface area contributed by atoms with Gasteiger partial charge >= 0.3 is 11.7 Å². The molecule has 172 valence electrons. The van der Waals surface area contributed by atoms with Crippen molar-refractivity contribution in [2.45, 2.75) is 26.4 Å². The molecule has 0 bridgehead atoms. The van der Waals surface area contributed by atoms with Crippen LogP contribution in [0.4, 0.5) is 10.5 Å². The van der Waals surface area contributed by atoms with Gasteiger partial charge in [-0.25, -0.2) is 14.3 Å². The van der Waals surface area contributed by atoms with E-state index in [0.29, 0.717) is 17.2 Å². The highest BCUT2D eigenvalue weighted by atomic mass is 16.2. The molecular formula is C24H24N8O2. The van der Waals surface area contributed by atoms with Gasteiger partial charge in [0.2, 0.25) is 0 Å². The molecule has 0 aliphatic heterocycles. The third-order valence-electron chi connectivity index (χ3n) is 5.58. The Hall–Kier alpha value is -4.47. The van der Waals surface area contributed by atoms with Gasteiger partial charge in [-0.3, -0.25) is 8.80 Å². The number of carbonyl (C=O) groups excluding carboxylic acids is 1. The van der Waals surface area contributed by atoms with E-state index in [0.717, 1.165) is 11.2 Å². The van der Waals surface area contributed by atoms with Crippen LogP contribution in [0, 0.1) is 5.92 Å². The molecule has 4 heterocycles. The number of hydrogen-bond acceptors (Lipinski definition) is 5. The molecule has 0 aliphatic carbocycles. The molecule has 5 rings (SSSR count). The molecule has 10 nitrogen and oxygen atoms in total. The fraction of sp³-hybridized carbons (Fsp3) is 0.208. The zero-order chi connectivity index (χ0) is 23.7. The van der Waals surface area contributed by atoms with E-state index in [1.165, 1.54) is 9.08 Å². The van der Waals surface area contributed by atoms with E-state index >= 15 is 0 Å². The number of aromatic nitrogens is 6. The largest absolute Gasteiger partial charge is 0.350 e. The Morgan fingerprint density at radius 2 is 1.71 bits per heavy atom. The average Bonchev–Trinajstić information content (AvgIpc) is 3.39. The molecule has 0 spiro atoms. The number of fused-ring (bicyclic) bond motifs is 2. The highest BCUT2D eigenvalue weighted by Gasteiger charge is 2.23. The topological polar surface area (TPSA) is 111 Å². The van der Waals surface area contributed by atoms with Gasteiger partial charge in [-0.2, -0.15) is 0 Å². The summed E-state index contributed by atoms with van der Waals surface area (Å²) >= 11 is 0. The second-order valence-electron chi connectivity index (χ2n) is 8.38. The minimum atomic E-state index is -0.353. The van der Waals surface area contributed by atoms with Crippen molar-refractivity contribution in [2.24, 2.45) is 5.92 Å². The number of hydrogen-bond donors (Lipinski definition) is 2. The summed E-state index contributed by atoms with van der Waals surface area (Å²) in [5.41, 5.74) is 2.54. The monoisotopic (exact) mass is 456 g/mol. The Morgan fingerprint density at radius 3 is 2.47 bits per heavy atom. The molecule has 0 saturated carbocycles. The van der Waals surface area contributed by atoms with E-state index in [2.05, 4.69) is 25.9 Å². The summed E-state index contributed by atoms with van der Waals surface area (Å²) in [6, 6.07) is 17.7. The lowest BCUT2D eigenvalue weighted by Gasteiger charge is -2.21. The number of benzene rings is 1. The van der Waals surface area contributed by atoms with Gasteiger partial charge in [0, 0.05) is 18.1 Å². The van der Waals surface area contributed by atoms with Crippen molar-refractivity contribution in [3.8, 4) is 0 Å². The summed E-state index contributed by atoms with van der Waals surface area (Å²) in [5, 5.41) is 18.7. The molecular weight excluding hydrogens is 432 g/mol. The van der Waals surface area contributed by atoms with Gasteiger partial charge in [0.15, 0.2) is 17.1 Å². The predicted molar refractivity (Wildman–Crippen MR) is 128 cm³/mol. The third kappa shape index (κ3) is 4.13. The maximum atomic E-state index is 12.8. The lowest BCUT2D eigenvalue weighted by molar-refractivity contribution is 0.243. The van der Waals surface area contributed by atoms with Gasteiger partial charge in [-0.1, -0.05) is 38.1 Å². The van der Waals surface area contributed by atoms with Crippen LogP contribution in [0.5, 0.6) is 0 Å².